The highest BCUT2D eigenvalue weighted by Gasteiger charge is 2.09. The Morgan fingerprint density at radius 3 is 2.30 bits per heavy atom. The lowest BCUT2D eigenvalue weighted by molar-refractivity contribution is 0.897. The highest BCUT2D eigenvalue weighted by Crippen LogP contribution is 2.39. The van der Waals surface area contributed by atoms with Gasteiger partial charge < -0.3 is 0 Å². The zero-order chi connectivity index (χ0) is 7.78. The standard InChI is InChI=1S/C9H16S/c1-8-6-5-7-10(3,4)9(8)2/h3-7H2,1-2H3. The van der Waals surface area contributed by atoms with Crippen LogP contribution >= 0.6 is 9.21 Å². The van der Waals surface area contributed by atoms with Gasteiger partial charge in [-0.2, -0.15) is 9.21 Å². The molecule has 1 aliphatic heterocycles. The van der Waals surface area contributed by atoms with Gasteiger partial charge in [-0.3, -0.25) is 0 Å². The molecule has 0 aromatic carbocycles. The summed E-state index contributed by atoms with van der Waals surface area (Å²) < 4.78 is 0. The highest BCUT2D eigenvalue weighted by atomic mass is 32.2. The van der Waals surface area contributed by atoms with Gasteiger partial charge in [0.2, 0.25) is 0 Å². The van der Waals surface area contributed by atoms with Gasteiger partial charge in [0.15, 0.2) is 0 Å². The molecule has 1 rings (SSSR count). The summed E-state index contributed by atoms with van der Waals surface area (Å²) in [6, 6.07) is 0. The zero-order valence-corrected chi connectivity index (χ0v) is 7.76. The van der Waals surface area contributed by atoms with Crippen molar-refractivity contribution in [1.82, 2.24) is 0 Å². The van der Waals surface area contributed by atoms with Crippen LogP contribution in [0.25, 0.3) is 0 Å². The fraction of sp³-hybridized carbons (Fsp3) is 0.556. The first-order chi connectivity index (χ1) is 4.54. The van der Waals surface area contributed by atoms with Gasteiger partial charge in [0.1, 0.15) is 0 Å². The van der Waals surface area contributed by atoms with Crippen LogP contribution in [0.3, 0.4) is 0 Å². The van der Waals surface area contributed by atoms with E-state index in [1.54, 1.807) is 0 Å². The van der Waals surface area contributed by atoms with Crippen LogP contribution in [0, 0.1) is 0 Å². The minimum absolute atomic E-state index is 0.831. The molecule has 0 aromatic rings. The van der Waals surface area contributed by atoms with E-state index in [1.165, 1.54) is 29.1 Å². The van der Waals surface area contributed by atoms with Crippen molar-refractivity contribution in [3.05, 3.63) is 10.5 Å². The fourth-order valence-corrected chi connectivity index (χ4v) is 3.16. The molecule has 0 saturated carbocycles. The molecule has 0 spiro atoms. The van der Waals surface area contributed by atoms with Crippen molar-refractivity contribution in [2.75, 3.05) is 5.75 Å². The van der Waals surface area contributed by atoms with E-state index in [0.29, 0.717) is 0 Å². The maximum absolute atomic E-state index is 4.18. The van der Waals surface area contributed by atoms with Crippen molar-refractivity contribution < 1.29 is 0 Å². The van der Waals surface area contributed by atoms with E-state index in [1.807, 2.05) is 0 Å². The second kappa shape index (κ2) is 2.46. The lowest BCUT2D eigenvalue weighted by Crippen LogP contribution is -1.99. The summed E-state index contributed by atoms with van der Waals surface area (Å²) in [7, 11) is -0.831. The molecule has 0 radical (unpaired) electrons. The summed E-state index contributed by atoms with van der Waals surface area (Å²) in [6.45, 7) is 4.41. The third kappa shape index (κ3) is 1.29. The minimum Gasteiger partial charge on any atom is -0.191 e. The van der Waals surface area contributed by atoms with E-state index in [2.05, 4.69) is 25.6 Å². The van der Waals surface area contributed by atoms with Crippen LogP contribution in [0.1, 0.15) is 26.7 Å². The summed E-state index contributed by atoms with van der Waals surface area (Å²) >= 11 is 0. The maximum atomic E-state index is 4.18. The first-order valence-electron chi connectivity index (χ1n) is 3.67. The summed E-state index contributed by atoms with van der Waals surface area (Å²) in [4.78, 5) is 1.48. The smallest absolute Gasteiger partial charge is 0.0129 e. The molecule has 0 fully saturated rings. The number of hydrogen-bond donors (Lipinski definition) is 0. The maximum Gasteiger partial charge on any atom is -0.0129 e. The Labute approximate surface area is 64.4 Å². The van der Waals surface area contributed by atoms with Gasteiger partial charge in [-0.25, -0.2) is 0 Å². The zero-order valence-electron chi connectivity index (χ0n) is 6.94. The van der Waals surface area contributed by atoms with Crippen LogP contribution < -0.4 is 0 Å². The molecule has 0 N–H and O–H groups in total. The predicted molar refractivity (Wildman–Crippen MR) is 54.3 cm³/mol. The number of rotatable bonds is 0. The van der Waals surface area contributed by atoms with Crippen molar-refractivity contribution in [2.45, 2.75) is 26.7 Å². The molecule has 0 aromatic heterocycles. The number of allylic oxidation sites excluding steroid dienone is 2. The van der Waals surface area contributed by atoms with Crippen molar-refractivity contribution in [3.8, 4) is 0 Å². The minimum atomic E-state index is -0.831. The van der Waals surface area contributed by atoms with Crippen LogP contribution in [0.5, 0.6) is 0 Å². The normalized spacial score (nSPS) is 25.0. The molecular formula is C9H16S. The molecule has 1 heterocycles. The molecular weight excluding hydrogens is 140 g/mol. The van der Waals surface area contributed by atoms with Crippen molar-refractivity contribution >= 4 is 20.9 Å². The molecule has 0 saturated heterocycles. The quantitative estimate of drug-likeness (QED) is 0.473. The third-order valence-corrected chi connectivity index (χ3v) is 5.06. The van der Waals surface area contributed by atoms with E-state index in [9.17, 15) is 0 Å². The molecule has 10 heavy (non-hydrogen) atoms. The summed E-state index contributed by atoms with van der Waals surface area (Å²) in [5.41, 5.74) is 1.53. The highest BCUT2D eigenvalue weighted by molar-refractivity contribution is 8.30. The van der Waals surface area contributed by atoms with E-state index in [4.69, 9.17) is 0 Å². The van der Waals surface area contributed by atoms with Gasteiger partial charge >= 0.3 is 0 Å². The summed E-state index contributed by atoms with van der Waals surface area (Å²) in [6.07, 6.45) is 2.57. The van der Waals surface area contributed by atoms with Gasteiger partial charge in [-0.05, 0) is 37.3 Å². The summed E-state index contributed by atoms with van der Waals surface area (Å²) in [5.74, 6) is 9.58. The molecule has 1 heteroatoms. The van der Waals surface area contributed by atoms with E-state index in [-0.39, 0.29) is 0 Å². The molecule has 58 valence electrons. The second-order valence-electron chi connectivity index (χ2n) is 3.19. The van der Waals surface area contributed by atoms with Crippen molar-refractivity contribution in [1.29, 1.82) is 0 Å². The van der Waals surface area contributed by atoms with E-state index in [0.717, 1.165) is 0 Å². The molecule has 1 aliphatic rings. The largest absolute Gasteiger partial charge is 0.191 e. The van der Waals surface area contributed by atoms with Gasteiger partial charge in [0, 0.05) is 0 Å². The van der Waals surface area contributed by atoms with Crippen LogP contribution in [0.2, 0.25) is 0 Å². The molecule has 0 amide bonds. The van der Waals surface area contributed by atoms with Crippen molar-refractivity contribution in [3.63, 3.8) is 0 Å². The van der Waals surface area contributed by atoms with E-state index >= 15 is 0 Å². The van der Waals surface area contributed by atoms with Crippen LogP contribution in [-0.4, -0.2) is 17.5 Å². The van der Waals surface area contributed by atoms with Crippen LogP contribution in [0.4, 0.5) is 0 Å². The molecule has 0 nitrogen and oxygen atoms in total. The van der Waals surface area contributed by atoms with Crippen LogP contribution in [-0.2, 0) is 0 Å². The molecule has 0 aliphatic carbocycles. The third-order valence-electron chi connectivity index (χ3n) is 2.34. The predicted octanol–water partition coefficient (Wildman–Crippen LogP) is 2.74. The first kappa shape index (κ1) is 7.93. The Bertz CT molecular complexity index is 252. The Balaban J connectivity index is 3.14. The molecule has 0 bridgehead atoms. The van der Waals surface area contributed by atoms with Gasteiger partial charge in [-0.15, -0.1) is 0 Å². The Morgan fingerprint density at radius 1 is 1.30 bits per heavy atom. The first-order valence-corrected chi connectivity index (χ1v) is 5.81. The monoisotopic (exact) mass is 156 g/mol. The Morgan fingerprint density at radius 2 is 1.90 bits per heavy atom. The average Bonchev–Trinajstić information content (AvgIpc) is 1.83. The Kier molecular flexibility index (Phi) is 1.95. The Hall–Kier alpha value is -0.170. The molecule has 0 unspecified atom stereocenters. The number of hydrogen-bond acceptors (Lipinski definition) is 0. The van der Waals surface area contributed by atoms with Gasteiger partial charge in [0.25, 0.3) is 0 Å². The van der Waals surface area contributed by atoms with Crippen molar-refractivity contribution in [2.24, 2.45) is 0 Å². The fourth-order valence-electron chi connectivity index (χ4n) is 1.31. The molecule has 0 atom stereocenters. The SMILES string of the molecule is C=S1(=C)CCCC(C)=C1C. The second-order valence-corrected chi connectivity index (χ2v) is 6.30. The van der Waals surface area contributed by atoms with Gasteiger partial charge in [-0.1, -0.05) is 17.3 Å². The lowest BCUT2D eigenvalue weighted by atomic mass is 10.2. The summed E-state index contributed by atoms with van der Waals surface area (Å²) in [5, 5.41) is 0. The average molecular weight is 156 g/mol. The topological polar surface area (TPSA) is 0 Å². The van der Waals surface area contributed by atoms with E-state index < -0.39 is 9.21 Å². The lowest BCUT2D eigenvalue weighted by Gasteiger charge is -2.23. The van der Waals surface area contributed by atoms with Crippen LogP contribution in [0.15, 0.2) is 10.5 Å². The van der Waals surface area contributed by atoms with Gasteiger partial charge in [0.05, 0.1) is 0 Å².